The molecule has 3 rings (SSSR count). The molecule has 2 aromatic rings. The average molecular weight is 384 g/mol. The molecule has 1 fully saturated rings. The van der Waals surface area contributed by atoms with Crippen molar-refractivity contribution in [3.63, 3.8) is 0 Å². The number of nitrogens with two attached hydrogens (primary N) is 1. The summed E-state index contributed by atoms with van der Waals surface area (Å²) in [5, 5.41) is 5.51. The van der Waals surface area contributed by atoms with E-state index >= 15 is 0 Å². The minimum Gasteiger partial charge on any atom is -0.383 e. The number of nitrogens with zero attached hydrogens (tertiary/aromatic N) is 5. The van der Waals surface area contributed by atoms with Gasteiger partial charge in [-0.3, -0.25) is 4.90 Å². The summed E-state index contributed by atoms with van der Waals surface area (Å²) >= 11 is 2.20. The van der Waals surface area contributed by atoms with Crippen LogP contribution in [0.5, 0.6) is 0 Å². The molecule has 2 aromatic heterocycles. The molecule has 0 saturated carbocycles. The molecule has 6 nitrogen and oxygen atoms in total. The summed E-state index contributed by atoms with van der Waals surface area (Å²) in [6, 6.07) is 0.337. The fourth-order valence-corrected chi connectivity index (χ4v) is 3.54. The van der Waals surface area contributed by atoms with E-state index in [9.17, 15) is 0 Å². The third kappa shape index (κ3) is 2.39. The SMILES string of the molecule is C=CCN1CCC[C@@H](n2nc(I)c3c(N)ncnc32)C1. The number of hydrogen-bond acceptors (Lipinski definition) is 5. The van der Waals surface area contributed by atoms with Gasteiger partial charge in [0, 0.05) is 13.1 Å². The maximum atomic E-state index is 5.94. The van der Waals surface area contributed by atoms with Crippen LogP contribution in [-0.2, 0) is 0 Å². The molecular weight excluding hydrogens is 367 g/mol. The van der Waals surface area contributed by atoms with Gasteiger partial charge in [-0.2, -0.15) is 5.10 Å². The summed E-state index contributed by atoms with van der Waals surface area (Å²) in [6.45, 7) is 6.83. The van der Waals surface area contributed by atoms with E-state index in [1.54, 1.807) is 0 Å². The lowest BCUT2D eigenvalue weighted by atomic mass is 10.1. The molecule has 3 heterocycles. The lowest BCUT2D eigenvalue weighted by Gasteiger charge is -2.32. The normalized spacial score (nSPS) is 20.4. The summed E-state index contributed by atoms with van der Waals surface area (Å²) in [5.41, 5.74) is 6.78. The average Bonchev–Trinajstić information content (AvgIpc) is 2.78. The van der Waals surface area contributed by atoms with Crippen LogP contribution >= 0.6 is 22.6 Å². The van der Waals surface area contributed by atoms with Crippen molar-refractivity contribution in [3.8, 4) is 0 Å². The second kappa shape index (κ2) is 5.65. The molecule has 2 N–H and O–H groups in total. The quantitative estimate of drug-likeness (QED) is 0.646. The Bertz CT molecular complexity index is 637. The highest BCUT2D eigenvalue weighted by atomic mass is 127. The Morgan fingerprint density at radius 2 is 2.35 bits per heavy atom. The van der Waals surface area contributed by atoms with Crippen LogP contribution in [0.4, 0.5) is 5.82 Å². The first-order valence-corrected chi connectivity index (χ1v) is 7.76. The highest BCUT2D eigenvalue weighted by molar-refractivity contribution is 14.1. The minimum atomic E-state index is 0.337. The molecule has 0 amide bonds. The van der Waals surface area contributed by atoms with Gasteiger partial charge in [0.2, 0.25) is 0 Å². The maximum absolute atomic E-state index is 5.94. The fraction of sp³-hybridized carbons (Fsp3) is 0.462. The molecule has 0 unspecified atom stereocenters. The molecule has 0 radical (unpaired) electrons. The molecule has 1 saturated heterocycles. The second-order valence-corrected chi connectivity index (χ2v) is 6.06. The first kappa shape index (κ1) is 13.7. The molecule has 0 aromatic carbocycles. The second-order valence-electron chi connectivity index (χ2n) is 5.04. The van der Waals surface area contributed by atoms with Crippen molar-refractivity contribution < 1.29 is 0 Å². The van der Waals surface area contributed by atoms with Gasteiger partial charge < -0.3 is 5.73 Å². The van der Waals surface area contributed by atoms with Crippen molar-refractivity contribution in [2.75, 3.05) is 25.4 Å². The summed E-state index contributed by atoms with van der Waals surface area (Å²) in [6.07, 6.45) is 5.74. The predicted octanol–water partition coefficient (Wildman–Crippen LogP) is 1.84. The molecule has 1 aliphatic rings. The minimum absolute atomic E-state index is 0.337. The molecule has 7 heteroatoms. The van der Waals surface area contributed by atoms with E-state index < -0.39 is 0 Å². The van der Waals surface area contributed by atoms with Gasteiger partial charge in [0.25, 0.3) is 0 Å². The zero-order chi connectivity index (χ0) is 14.1. The van der Waals surface area contributed by atoms with Crippen LogP contribution in [0.1, 0.15) is 18.9 Å². The molecular formula is C13H17IN6. The van der Waals surface area contributed by atoms with Gasteiger partial charge >= 0.3 is 0 Å². The zero-order valence-corrected chi connectivity index (χ0v) is 13.3. The van der Waals surface area contributed by atoms with Crippen LogP contribution in [0, 0.1) is 3.70 Å². The number of halogens is 1. The van der Waals surface area contributed by atoms with Crippen LogP contribution in [0.15, 0.2) is 19.0 Å². The van der Waals surface area contributed by atoms with Gasteiger partial charge in [0.05, 0.1) is 11.4 Å². The standard InChI is InChI=1S/C13H17IN6/c1-2-5-19-6-3-4-9(7-19)20-13-10(11(14)18-20)12(15)16-8-17-13/h2,8-9H,1,3-7H2,(H2,15,16,17)/t9-/m1/s1. The number of likely N-dealkylation sites (tertiary alicyclic amines) is 1. The van der Waals surface area contributed by atoms with E-state index in [0.717, 1.165) is 47.2 Å². The Morgan fingerprint density at radius 3 is 3.15 bits per heavy atom. The molecule has 20 heavy (non-hydrogen) atoms. The Kier molecular flexibility index (Phi) is 3.88. The monoisotopic (exact) mass is 384 g/mol. The predicted molar refractivity (Wildman–Crippen MR) is 87.4 cm³/mol. The summed E-state index contributed by atoms with van der Waals surface area (Å²) in [7, 11) is 0. The van der Waals surface area contributed by atoms with Crippen LogP contribution in [0.3, 0.4) is 0 Å². The van der Waals surface area contributed by atoms with Crippen LogP contribution in [0.2, 0.25) is 0 Å². The fourth-order valence-electron chi connectivity index (χ4n) is 2.79. The number of hydrogen-bond donors (Lipinski definition) is 1. The van der Waals surface area contributed by atoms with Crippen molar-refractivity contribution in [1.82, 2.24) is 24.6 Å². The van der Waals surface area contributed by atoms with Gasteiger partial charge in [0.15, 0.2) is 5.65 Å². The Balaban J connectivity index is 1.98. The zero-order valence-electron chi connectivity index (χ0n) is 11.2. The third-order valence-corrected chi connectivity index (χ3v) is 4.44. The number of fused-ring (bicyclic) bond motifs is 1. The molecule has 0 aliphatic carbocycles. The summed E-state index contributed by atoms with van der Waals surface area (Å²) < 4.78 is 2.89. The van der Waals surface area contributed by atoms with Crippen LogP contribution < -0.4 is 5.73 Å². The molecule has 1 atom stereocenters. The third-order valence-electron chi connectivity index (χ3n) is 3.69. The van der Waals surface area contributed by atoms with Crippen molar-refractivity contribution in [1.29, 1.82) is 0 Å². The number of aromatic nitrogens is 4. The van der Waals surface area contributed by atoms with Gasteiger partial charge in [-0.1, -0.05) is 6.08 Å². The lowest BCUT2D eigenvalue weighted by molar-refractivity contribution is 0.187. The van der Waals surface area contributed by atoms with Gasteiger partial charge in [-0.15, -0.1) is 6.58 Å². The lowest BCUT2D eigenvalue weighted by Crippen LogP contribution is -2.37. The van der Waals surface area contributed by atoms with E-state index in [1.807, 2.05) is 10.8 Å². The summed E-state index contributed by atoms with van der Waals surface area (Å²) in [5.74, 6) is 0.504. The van der Waals surface area contributed by atoms with E-state index in [1.165, 1.54) is 6.33 Å². The first-order chi connectivity index (χ1) is 9.70. The van der Waals surface area contributed by atoms with Gasteiger partial charge in [-0.05, 0) is 42.0 Å². The highest BCUT2D eigenvalue weighted by Crippen LogP contribution is 2.28. The molecule has 106 valence electrons. The van der Waals surface area contributed by atoms with E-state index in [-0.39, 0.29) is 0 Å². The Hall–Kier alpha value is -1.22. The van der Waals surface area contributed by atoms with Gasteiger partial charge in [0.1, 0.15) is 15.8 Å². The van der Waals surface area contributed by atoms with Crippen LogP contribution in [-0.4, -0.2) is 44.3 Å². The number of nitrogen functional groups attached to an aromatic ring is 1. The Labute approximate surface area is 131 Å². The van der Waals surface area contributed by atoms with Crippen molar-refractivity contribution in [2.24, 2.45) is 0 Å². The smallest absolute Gasteiger partial charge is 0.164 e. The van der Waals surface area contributed by atoms with Crippen LogP contribution in [0.25, 0.3) is 11.0 Å². The van der Waals surface area contributed by atoms with Crippen molar-refractivity contribution in [3.05, 3.63) is 22.7 Å². The topological polar surface area (TPSA) is 72.9 Å². The Morgan fingerprint density at radius 1 is 1.50 bits per heavy atom. The summed E-state index contributed by atoms with van der Waals surface area (Å²) in [4.78, 5) is 10.8. The number of rotatable bonds is 3. The van der Waals surface area contributed by atoms with E-state index in [0.29, 0.717) is 11.9 Å². The molecule has 0 bridgehead atoms. The maximum Gasteiger partial charge on any atom is 0.164 e. The van der Waals surface area contributed by atoms with E-state index in [2.05, 4.69) is 49.1 Å². The first-order valence-electron chi connectivity index (χ1n) is 6.68. The number of anilines is 1. The highest BCUT2D eigenvalue weighted by Gasteiger charge is 2.24. The number of piperidine rings is 1. The van der Waals surface area contributed by atoms with Crippen molar-refractivity contribution >= 4 is 39.4 Å². The molecule has 1 aliphatic heterocycles. The largest absolute Gasteiger partial charge is 0.383 e. The molecule has 0 spiro atoms. The van der Waals surface area contributed by atoms with Crippen molar-refractivity contribution in [2.45, 2.75) is 18.9 Å². The van der Waals surface area contributed by atoms with Gasteiger partial charge in [-0.25, -0.2) is 14.6 Å². The van der Waals surface area contributed by atoms with E-state index in [4.69, 9.17) is 5.73 Å².